The summed E-state index contributed by atoms with van der Waals surface area (Å²) in [5.74, 6) is -2.56. The Morgan fingerprint density at radius 1 is 0.795 bits per heavy atom. The van der Waals surface area contributed by atoms with E-state index in [1.165, 1.54) is 0 Å². The van der Waals surface area contributed by atoms with E-state index in [9.17, 15) is 28.8 Å². The van der Waals surface area contributed by atoms with E-state index in [1.54, 1.807) is 30.9 Å². The van der Waals surface area contributed by atoms with E-state index in [0.29, 0.717) is 87.5 Å². The Bertz CT molecular complexity index is 2470. The number of amides is 2. The van der Waals surface area contributed by atoms with Gasteiger partial charge >= 0.3 is 5.97 Å². The van der Waals surface area contributed by atoms with Crippen LogP contribution in [0.1, 0.15) is 109 Å². The number of nitrogens with one attached hydrogen (secondary N) is 2. The Kier molecular flexibility index (Phi) is 20.6. The van der Waals surface area contributed by atoms with Crippen LogP contribution in [0.25, 0.3) is 0 Å². The Morgan fingerprint density at radius 3 is 2.04 bits per heavy atom. The highest BCUT2D eigenvalue weighted by Gasteiger charge is 2.50. The van der Waals surface area contributed by atoms with Crippen LogP contribution < -0.4 is 20.1 Å². The van der Waals surface area contributed by atoms with Crippen LogP contribution in [-0.4, -0.2) is 112 Å². The summed E-state index contributed by atoms with van der Waals surface area (Å²) in [5.41, 5.74) is 2.40. The predicted molar refractivity (Wildman–Crippen MR) is 275 cm³/mol. The number of ketones is 3. The number of morpholine rings is 1. The minimum atomic E-state index is -0.939. The molecule has 0 aliphatic carbocycles. The summed E-state index contributed by atoms with van der Waals surface area (Å²) in [7, 11) is 1.76. The average Bonchev–Trinajstić information content (AvgIpc) is 3.97. The molecule has 2 aliphatic heterocycles. The molecule has 4 aromatic rings. The van der Waals surface area contributed by atoms with E-state index in [1.807, 2.05) is 107 Å². The largest absolute Gasteiger partial charge is 0.483 e. The van der Waals surface area contributed by atoms with Crippen molar-refractivity contribution in [3.63, 3.8) is 0 Å². The molecule has 3 aromatic carbocycles. The van der Waals surface area contributed by atoms with E-state index in [4.69, 9.17) is 18.9 Å². The summed E-state index contributed by atoms with van der Waals surface area (Å²) in [4.78, 5) is 84.4. The lowest BCUT2D eigenvalue weighted by molar-refractivity contribution is -0.940. The zero-order valence-electron chi connectivity index (χ0n) is 43.9. The highest BCUT2D eigenvalue weighted by atomic mass is 16.6. The van der Waals surface area contributed by atoms with Crippen LogP contribution in [0.2, 0.25) is 0 Å². The van der Waals surface area contributed by atoms with Gasteiger partial charge in [-0.1, -0.05) is 100 Å². The maximum absolute atomic E-state index is 14.7. The number of carbonyl (C=O) groups excluding carboxylic acids is 6. The molecule has 0 bridgehead atoms. The van der Waals surface area contributed by atoms with Crippen molar-refractivity contribution in [2.45, 2.75) is 130 Å². The van der Waals surface area contributed by atoms with Gasteiger partial charge in [-0.05, 0) is 86.6 Å². The van der Waals surface area contributed by atoms with E-state index in [2.05, 4.69) is 20.9 Å². The van der Waals surface area contributed by atoms with Crippen LogP contribution in [0.4, 0.5) is 0 Å². The molecule has 0 spiro atoms. The maximum Gasteiger partial charge on any atom is 0.311 e. The molecule has 2 fully saturated rings. The van der Waals surface area contributed by atoms with Crippen LogP contribution in [0, 0.1) is 23.7 Å². The van der Waals surface area contributed by atoms with Gasteiger partial charge in [0.1, 0.15) is 44.1 Å². The number of benzene rings is 3. The molecule has 73 heavy (non-hydrogen) atoms. The number of hydrogen-bond acceptors (Lipinski definition) is 12. The number of Topliss-reactive ketones (excluding diaryl/α,β-unsaturated/α-hetero) is 3. The van der Waals surface area contributed by atoms with Gasteiger partial charge < -0.3 is 34.1 Å². The van der Waals surface area contributed by atoms with E-state index < -0.39 is 35.4 Å². The first-order valence-corrected chi connectivity index (χ1v) is 26.1. The van der Waals surface area contributed by atoms with Crippen molar-refractivity contribution in [1.82, 2.24) is 25.6 Å². The smallest absolute Gasteiger partial charge is 0.311 e. The maximum atomic E-state index is 14.7. The molecule has 16 nitrogen and oxygen atoms in total. The van der Waals surface area contributed by atoms with Crippen molar-refractivity contribution in [2.24, 2.45) is 30.7 Å². The second-order valence-corrected chi connectivity index (χ2v) is 21.2. The number of quaternary nitrogens is 1. The van der Waals surface area contributed by atoms with Crippen LogP contribution >= 0.6 is 0 Å². The highest BCUT2D eigenvalue weighted by molar-refractivity contribution is 5.98. The lowest BCUT2D eigenvalue weighted by atomic mass is 9.87. The number of hydrogen-bond donors (Lipinski definition) is 2. The summed E-state index contributed by atoms with van der Waals surface area (Å²) in [5, 5.41) is 14.2. The zero-order valence-corrected chi connectivity index (χ0v) is 43.9. The molecular weight excluding hydrogens is 929 g/mol. The van der Waals surface area contributed by atoms with Crippen LogP contribution in [0.3, 0.4) is 0 Å². The molecule has 394 valence electrons. The fraction of sp³-hybridized carbons (Fsp3) is 0.544. The molecule has 5 atom stereocenters. The Labute approximate surface area is 430 Å². The Balaban J connectivity index is 1.21. The minimum Gasteiger partial charge on any atom is -0.483 e. The summed E-state index contributed by atoms with van der Waals surface area (Å²) < 4.78 is 25.2. The lowest BCUT2D eigenvalue weighted by Crippen LogP contribution is -2.57. The van der Waals surface area contributed by atoms with E-state index in [0.717, 1.165) is 16.7 Å². The van der Waals surface area contributed by atoms with Gasteiger partial charge in [0.15, 0.2) is 28.8 Å². The molecule has 2 aliphatic rings. The monoisotopic (exact) mass is 1010 g/mol. The summed E-state index contributed by atoms with van der Waals surface area (Å²) in [6.07, 6.45) is 4.31. The van der Waals surface area contributed by atoms with Crippen molar-refractivity contribution in [1.29, 1.82) is 0 Å². The minimum absolute atomic E-state index is 0.00782. The molecule has 0 radical (unpaired) electrons. The molecule has 3 heterocycles. The third-order valence-electron chi connectivity index (χ3n) is 13.6. The van der Waals surface area contributed by atoms with Gasteiger partial charge in [-0.25, -0.2) is 0 Å². The topological polar surface area (TPSA) is 197 Å². The van der Waals surface area contributed by atoms with Crippen LogP contribution in [-0.2, 0) is 71.3 Å². The van der Waals surface area contributed by atoms with Crippen molar-refractivity contribution in [3.05, 3.63) is 107 Å². The Hall–Kier alpha value is -6.10. The first kappa shape index (κ1) is 56.2. The second kappa shape index (κ2) is 26.7. The number of carbonyl (C=O) groups is 6. The fourth-order valence-electron chi connectivity index (χ4n) is 9.54. The number of esters is 1. The zero-order chi connectivity index (χ0) is 52.5. The molecular formula is C57H77N6O10+. The summed E-state index contributed by atoms with van der Waals surface area (Å²) in [6, 6.07) is 23.0. The molecule has 2 N–H and O–H groups in total. The van der Waals surface area contributed by atoms with E-state index >= 15 is 0 Å². The van der Waals surface area contributed by atoms with Gasteiger partial charge in [0.25, 0.3) is 0 Å². The lowest BCUT2D eigenvalue weighted by Gasteiger charge is -2.41. The molecule has 0 saturated carbocycles. The quantitative estimate of drug-likeness (QED) is 0.0238. The number of ether oxygens (including phenoxy) is 4. The molecule has 16 heteroatoms. The molecule has 2 saturated heterocycles. The van der Waals surface area contributed by atoms with Gasteiger partial charge in [0, 0.05) is 43.7 Å². The summed E-state index contributed by atoms with van der Waals surface area (Å²) >= 11 is 0. The second-order valence-electron chi connectivity index (χ2n) is 21.2. The molecule has 2 amide bonds. The third kappa shape index (κ3) is 17.5. The Morgan fingerprint density at radius 2 is 1.42 bits per heavy atom. The van der Waals surface area contributed by atoms with Gasteiger partial charge in [-0.3, -0.25) is 33.4 Å². The average molecular weight is 1010 g/mol. The van der Waals surface area contributed by atoms with Crippen molar-refractivity contribution in [2.75, 3.05) is 39.5 Å². The number of nitrogens with zero attached hydrogens (tertiary/aromatic N) is 4. The molecule has 0 unspecified atom stereocenters. The van der Waals surface area contributed by atoms with Gasteiger partial charge in [-0.2, -0.15) is 0 Å². The number of aromatic nitrogens is 3. The van der Waals surface area contributed by atoms with E-state index in [-0.39, 0.29) is 85.6 Å². The van der Waals surface area contributed by atoms with Crippen molar-refractivity contribution >= 4 is 35.1 Å². The molecule has 1 aromatic heterocycles. The van der Waals surface area contributed by atoms with Crippen molar-refractivity contribution in [3.8, 4) is 11.5 Å². The number of epoxide rings is 1. The van der Waals surface area contributed by atoms with Gasteiger partial charge in [0.05, 0.1) is 38.1 Å². The normalized spacial score (nSPS) is 17.8. The van der Waals surface area contributed by atoms with Crippen LogP contribution in [0.15, 0.2) is 85.1 Å². The highest BCUT2D eigenvalue weighted by Crippen LogP contribution is 2.33. The fourth-order valence-corrected chi connectivity index (χ4v) is 9.54. The van der Waals surface area contributed by atoms with Crippen LogP contribution in [0.5, 0.6) is 11.5 Å². The first-order valence-electron chi connectivity index (χ1n) is 26.1. The third-order valence-corrected chi connectivity index (χ3v) is 13.6. The van der Waals surface area contributed by atoms with Gasteiger partial charge in [0.2, 0.25) is 11.8 Å². The van der Waals surface area contributed by atoms with Crippen molar-refractivity contribution < 1.29 is 52.2 Å². The molecule has 6 rings (SSSR count). The SMILES string of the molecule is CCCC(=O)Oc1ccc(C[N+]2(CC(=O)C[C@@H](CCc3ccccc3)C(=O)N[C@@H](CC(C)C)C(=O)C[C@@H](Cc3ccccc3)C(=O)N[C@@H](CC(C)C)C(=O)[C@@]3(C)CO3)CCOCC2)cc1OCc1cn(C)nn1. The number of aryl methyl sites for hydroxylation is 2. The predicted octanol–water partition coefficient (Wildman–Crippen LogP) is 6.89. The first-order chi connectivity index (χ1) is 34.9. The standard InChI is InChI=1S/C57H76N6O10/c1-8-15-53(66)73-51-23-21-43(31-52(51)71-37-46-34-62(7)61-60-46)35-63(24-26-70-27-25-63)36-47(64)32-44(22-20-41-16-11-9-12-17-41)55(68)58-48(28-39(2)3)50(65)33-45(30-42-18-13-10-14-19-42)56(69)59-49(29-40(4)5)54(67)57(6)38-72-57/h9-14,16-19,21,23,31,34,39-40,44-45,48-49H,8,15,20,22,24-30,32-33,35-38H2,1-7H3,(H-,58,59,68,69)/p+1/t44-,45-,48+,49+,57-/m1/s1. The number of rotatable bonds is 30. The van der Waals surface area contributed by atoms with Gasteiger partial charge in [-0.15, -0.1) is 5.10 Å². The summed E-state index contributed by atoms with van der Waals surface area (Å²) in [6.45, 7) is 14.5.